The summed E-state index contributed by atoms with van der Waals surface area (Å²) in [6, 6.07) is 3.98. The van der Waals surface area contributed by atoms with Gasteiger partial charge in [-0.25, -0.2) is 8.42 Å². The molecule has 96 valence electrons. The molecule has 3 N–H and O–H groups in total. The van der Waals surface area contributed by atoms with E-state index in [1.54, 1.807) is 0 Å². The predicted octanol–water partition coefficient (Wildman–Crippen LogP) is -3.50. The largest absolute Gasteiger partial charge is 1.00 e. The van der Waals surface area contributed by atoms with Crippen LogP contribution in [0.4, 0.5) is 0 Å². The molecule has 0 saturated carbocycles. The minimum Gasteiger partial charge on any atom is -0.744 e. The van der Waals surface area contributed by atoms with Gasteiger partial charge >= 0.3 is 35.3 Å². The van der Waals surface area contributed by atoms with E-state index in [1.807, 2.05) is 0 Å². The molecule has 0 fully saturated rings. The Hall–Kier alpha value is -0.830. The Balaban J connectivity index is 0.00000162. The number of hydrogen-bond acceptors (Lipinski definition) is 4. The third-order valence-corrected chi connectivity index (χ3v) is 3.37. The fourth-order valence-electron chi connectivity index (χ4n) is 1.70. The van der Waals surface area contributed by atoms with E-state index in [9.17, 15) is 18.1 Å². The van der Waals surface area contributed by atoms with E-state index in [1.165, 1.54) is 30.4 Å². The van der Waals surface area contributed by atoms with Gasteiger partial charge in [0.05, 0.1) is 4.90 Å². The first kappa shape index (κ1) is 18.2. The molecule has 1 unspecified atom stereocenters. The van der Waals surface area contributed by atoms with Crippen molar-refractivity contribution >= 4 is 21.9 Å². The van der Waals surface area contributed by atoms with Crippen LogP contribution in [0.3, 0.4) is 0 Å². The Morgan fingerprint density at radius 1 is 1.32 bits per heavy atom. The molecule has 0 amide bonds. The molecular formula is C10H9N2NaO5S. The molecule has 0 aliphatic heterocycles. The zero-order valence-electron chi connectivity index (χ0n) is 9.94. The standard InChI is InChI=1S/C10H8N2O4S.Na.H2O/c11-12-8-5-4-6-7(10(8)13)2-1-3-9(6)17(14,15)16;;/h1-5,10,13H,(H,14,15,16);;1H2/q;+1;/p-1. The summed E-state index contributed by atoms with van der Waals surface area (Å²) in [6.45, 7) is 0. The van der Waals surface area contributed by atoms with E-state index >= 15 is 0 Å². The van der Waals surface area contributed by atoms with Crippen molar-refractivity contribution in [3.05, 3.63) is 40.9 Å². The van der Waals surface area contributed by atoms with Crippen molar-refractivity contribution in [2.45, 2.75) is 11.0 Å². The average molecular weight is 292 g/mol. The fourth-order valence-corrected chi connectivity index (χ4v) is 2.40. The van der Waals surface area contributed by atoms with Gasteiger partial charge in [-0.1, -0.05) is 12.1 Å². The Kier molecular flexibility index (Phi) is 6.27. The fraction of sp³-hybridized carbons (Fsp3) is 0.100. The maximum atomic E-state index is 11.0. The Bertz CT molecular complexity index is 664. The van der Waals surface area contributed by atoms with Crippen LogP contribution in [0.25, 0.3) is 11.6 Å². The number of rotatable bonds is 1. The summed E-state index contributed by atoms with van der Waals surface area (Å²) in [5.74, 6) is 0. The molecule has 1 aromatic carbocycles. The van der Waals surface area contributed by atoms with Crippen LogP contribution in [0.1, 0.15) is 17.2 Å². The molecule has 2 rings (SSSR count). The van der Waals surface area contributed by atoms with Crippen LogP contribution in [0.15, 0.2) is 29.2 Å². The van der Waals surface area contributed by atoms with Gasteiger partial charge in [0.25, 0.3) is 0 Å². The second-order valence-electron chi connectivity index (χ2n) is 3.47. The Morgan fingerprint density at radius 3 is 2.47 bits per heavy atom. The summed E-state index contributed by atoms with van der Waals surface area (Å²) < 4.78 is 33.0. The molecule has 1 aliphatic rings. The summed E-state index contributed by atoms with van der Waals surface area (Å²) in [5, 5.41) is 9.77. The summed E-state index contributed by atoms with van der Waals surface area (Å²) in [7, 11) is -4.61. The molecule has 0 bridgehead atoms. The van der Waals surface area contributed by atoms with Crippen LogP contribution < -0.4 is 29.6 Å². The molecule has 0 aromatic heterocycles. The van der Waals surface area contributed by atoms with Crippen LogP contribution >= 0.6 is 0 Å². The second kappa shape index (κ2) is 6.56. The minimum atomic E-state index is -4.61. The van der Waals surface area contributed by atoms with Crippen molar-refractivity contribution in [2.75, 3.05) is 0 Å². The zero-order chi connectivity index (χ0) is 12.6. The third kappa shape index (κ3) is 3.38. The maximum absolute atomic E-state index is 11.0. The van der Waals surface area contributed by atoms with Crippen molar-refractivity contribution in [3.63, 3.8) is 0 Å². The van der Waals surface area contributed by atoms with Crippen LogP contribution in [-0.2, 0) is 10.1 Å². The van der Waals surface area contributed by atoms with E-state index in [2.05, 4.69) is 4.79 Å². The van der Waals surface area contributed by atoms with Gasteiger partial charge in [0, 0.05) is 11.6 Å². The van der Waals surface area contributed by atoms with Gasteiger partial charge < -0.3 is 20.7 Å². The van der Waals surface area contributed by atoms with Gasteiger partial charge in [0.2, 0.25) is 0 Å². The topological polar surface area (TPSA) is 145 Å². The summed E-state index contributed by atoms with van der Waals surface area (Å²) in [5.41, 5.74) is 8.94. The first-order valence-electron chi connectivity index (χ1n) is 4.62. The summed E-state index contributed by atoms with van der Waals surface area (Å²) in [6.07, 6.45) is 1.32. The molecule has 19 heavy (non-hydrogen) atoms. The van der Waals surface area contributed by atoms with Gasteiger partial charge in [-0.3, -0.25) is 0 Å². The first-order valence-corrected chi connectivity index (χ1v) is 6.03. The SMILES string of the molecule is O.[N-]=[N+]=C1C=Cc2c(cccc2S(=O)(=O)[O-])C1O.[Na+]. The van der Waals surface area contributed by atoms with E-state index < -0.39 is 21.1 Å². The zero-order valence-corrected chi connectivity index (χ0v) is 12.8. The van der Waals surface area contributed by atoms with Gasteiger partial charge in [0.15, 0.2) is 6.10 Å². The van der Waals surface area contributed by atoms with Gasteiger partial charge in [-0.05, 0) is 17.7 Å². The van der Waals surface area contributed by atoms with Gasteiger partial charge in [-0.15, -0.1) is 0 Å². The van der Waals surface area contributed by atoms with Gasteiger partial charge in [0.1, 0.15) is 10.1 Å². The number of benzene rings is 1. The molecule has 1 aromatic rings. The van der Waals surface area contributed by atoms with E-state index in [4.69, 9.17) is 5.53 Å². The summed E-state index contributed by atoms with van der Waals surface area (Å²) in [4.78, 5) is 2.47. The number of aliphatic hydroxyl groups excluding tert-OH is 1. The van der Waals surface area contributed by atoms with Crippen molar-refractivity contribution in [1.82, 2.24) is 0 Å². The van der Waals surface area contributed by atoms with Gasteiger partial charge in [-0.2, -0.15) is 4.79 Å². The molecule has 7 nitrogen and oxygen atoms in total. The van der Waals surface area contributed by atoms with Crippen molar-refractivity contribution in [2.24, 2.45) is 0 Å². The number of hydrogen-bond donors (Lipinski definition) is 1. The van der Waals surface area contributed by atoms with E-state index in [0.717, 1.165) is 0 Å². The van der Waals surface area contributed by atoms with Crippen LogP contribution in [0.5, 0.6) is 0 Å². The van der Waals surface area contributed by atoms with Crippen molar-refractivity contribution in [1.29, 1.82) is 0 Å². The predicted molar refractivity (Wildman–Crippen MR) is 60.6 cm³/mol. The van der Waals surface area contributed by atoms with E-state index in [-0.39, 0.29) is 51.9 Å². The minimum absolute atomic E-state index is 0. The molecule has 0 spiro atoms. The first-order chi connectivity index (χ1) is 7.95. The molecule has 1 atom stereocenters. The normalized spacial score (nSPS) is 16.7. The Morgan fingerprint density at radius 2 is 1.95 bits per heavy atom. The number of aliphatic hydroxyl groups is 1. The monoisotopic (exact) mass is 292 g/mol. The van der Waals surface area contributed by atoms with Crippen molar-refractivity contribution < 1.29 is 57.9 Å². The van der Waals surface area contributed by atoms with Crippen LogP contribution in [-0.4, -0.2) is 34.1 Å². The number of fused-ring (bicyclic) bond motifs is 1. The molecule has 0 heterocycles. The molecule has 1 aliphatic carbocycles. The van der Waals surface area contributed by atoms with Crippen molar-refractivity contribution in [3.8, 4) is 0 Å². The molecule has 9 heteroatoms. The smallest absolute Gasteiger partial charge is 0.744 e. The second-order valence-corrected chi connectivity index (χ2v) is 4.82. The van der Waals surface area contributed by atoms with E-state index in [0.29, 0.717) is 0 Å². The maximum Gasteiger partial charge on any atom is 1.00 e. The summed E-state index contributed by atoms with van der Waals surface area (Å²) >= 11 is 0. The quantitative estimate of drug-likeness (QED) is 0.247. The average Bonchev–Trinajstić information content (AvgIpc) is 2.28. The molecule has 0 radical (unpaired) electrons. The Labute approximate surface area is 131 Å². The third-order valence-electron chi connectivity index (χ3n) is 2.48. The molecular weight excluding hydrogens is 283 g/mol. The number of nitrogens with zero attached hydrogens (tertiary/aromatic N) is 2. The van der Waals surface area contributed by atoms with Crippen LogP contribution in [0, 0.1) is 0 Å². The molecule has 0 saturated heterocycles. The van der Waals surface area contributed by atoms with Crippen LogP contribution in [0.2, 0.25) is 0 Å².